The standard InChI is InChI=1S/C20H23NO4/c1-14-12-16(10-9-15-6-3-2-4-7-15)25-20(23)18(14)19(22)21-13-17-8-5-11-24-17/h2-4,6-7,12,17H,5,8-11,13H2,1H3,(H,21,22). The molecule has 1 aromatic carbocycles. The van der Waals surface area contributed by atoms with Crippen LogP contribution in [0.5, 0.6) is 0 Å². The zero-order valence-electron chi connectivity index (χ0n) is 14.4. The molecular formula is C20H23NO4. The van der Waals surface area contributed by atoms with Crippen LogP contribution in [0.2, 0.25) is 0 Å². The van der Waals surface area contributed by atoms with E-state index < -0.39 is 11.5 Å². The second kappa shape index (κ2) is 8.12. The Morgan fingerprint density at radius 3 is 2.72 bits per heavy atom. The first-order valence-electron chi connectivity index (χ1n) is 8.71. The van der Waals surface area contributed by atoms with Gasteiger partial charge in [0, 0.05) is 19.6 Å². The zero-order valence-corrected chi connectivity index (χ0v) is 14.4. The highest BCUT2D eigenvalue weighted by molar-refractivity contribution is 5.95. The number of ether oxygens (including phenoxy) is 1. The van der Waals surface area contributed by atoms with Crippen molar-refractivity contribution in [1.29, 1.82) is 0 Å². The predicted molar refractivity (Wildman–Crippen MR) is 94.9 cm³/mol. The highest BCUT2D eigenvalue weighted by atomic mass is 16.5. The number of hydrogen-bond donors (Lipinski definition) is 1. The van der Waals surface area contributed by atoms with Crippen LogP contribution >= 0.6 is 0 Å². The van der Waals surface area contributed by atoms with Crippen LogP contribution in [0.3, 0.4) is 0 Å². The molecule has 0 radical (unpaired) electrons. The summed E-state index contributed by atoms with van der Waals surface area (Å²) in [5.74, 6) is 0.207. The Balaban J connectivity index is 1.64. The number of nitrogens with one attached hydrogen (secondary N) is 1. The first-order chi connectivity index (χ1) is 12.1. The summed E-state index contributed by atoms with van der Waals surface area (Å²) < 4.78 is 10.8. The molecule has 0 saturated carbocycles. The number of carbonyl (C=O) groups is 1. The third kappa shape index (κ3) is 4.57. The fourth-order valence-electron chi connectivity index (χ4n) is 3.08. The predicted octanol–water partition coefficient (Wildman–Crippen LogP) is 2.64. The summed E-state index contributed by atoms with van der Waals surface area (Å²) in [5.41, 5.74) is 1.33. The molecule has 25 heavy (non-hydrogen) atoms. The van der Waals surface area contributed by atoms with Gasteiger partial charge in [0.1, 0.15) is 11.3 Å². The van der Waals surface area contributed by atoms with Crippen LogP contribution in [0, 0.1) is 6.92 Å². The maximum Gasteiger partial charge on any atom is 0.349 e. The summed E-state index contributed by atoms with van der Waals surface area (Å²) in [7, 11) is 0. The molecule has 0 spiro atoms. The quantitative estimate of drug-likeness (QED) is 0.877. The number of amides is 1. The first kappa shape index (κ1) is 17.4. The van der Waals surface area contributed by atoms with E-state index in [2.05, 4.69) is 5.32 Å². The van der Waals surface area contributed by atoms with Crippen LogP contribution in [0.1, 0.15) is 40.1 Å². The molecule has 1 atom stereocenters. The van der Waals surface area contributed by atoms with Crippen molar-refractivity contribution in [1.82, 2.24) is 5.32 Å². The molecule has 1 aliphatic rings. The molecular weight excluding hydrogens is 318 g/mol. The van der Waals surface area contributed by atoms with E-state index in [9.17, 15) is 9.59 Å². The molecule has 0 bridgehead atoms. The van der Waals surface area contributed by atoms with Crippen molar-refractivity contribution in [3.63, 3.8) is 0 Å². The minimum Gasteiger partial charge on any atom is -0.427 e. The third-order valence-corrected chi connectivity index (χ3v) is 4.44. The monoisotopic (exact) mass is 341 g/mol. The van der Waals surface area contributed by atoms with Gasteiger partial charge in [-0.15, -0.1) is 0 Å². The molecule has 1 fully saturated rings. The van der Waals surface area contributed by atoms with Crippen molar-refractivity contribution >= 4 is 5.91 Å². The van der Waals surface area contributed by atoms with Crippen molar-refractivity contribution in [3.8, 4) is 0 Å². The second-order valence-corrected chi connectivity index (χ2v) is 6.39. The molecule has 1 aliphatic heterocycles. The number of carbonyl (C=O) groups excluding carboxylic acids is 1. The molecule has 1 aromatic heterocycles. The average molecular weight is 341 g/mol. The average Bonchev–Trinajstić information content (AvgIpc) is 3.12. The topological polar surface area (TPSA) is 68.5 Å². The Labute approximate surface area is 147 Å². The summed E-state index contributed by atoms with van der Waals surface area (Å²) in [6.45, 7) is 2.93. The third-order valence-electron chi connectivity index (χ3n) is 4.44. The fraction of sp³-hybridized carbons (Fsp3) is 0.400. The maximum absolute atomic E-state index is 12.3. The van der Waals surface area contributed by atoms with Gasteiger partial charge in [-0.05, 0) is 43.4 Å². The number of benzene rings is 1. The van der Waals surface area contributed by atoms with E-state index in [1.807, 2.05) is 30.3 Å². The van der Waals surface area contributed by atoms with Crippen LogP contribution < -0.4 is 10.9 Å². The Hall–Kier alpha value is -2.40. The number of rotatable bonds is 6. The summed E-state index contributed by atoms with van der Waals surface area (Å²) in [4.78, 5) is 24.6. The zero-order chi connectivity index (χ0) is 17.6. The molecule has 2 aromatic rings. The molecule has 5 nitrogen and oxygen atoms in total. The van der Waals surface area contributed by atoms with Crippen molar-refractivity contribution in [3.05, 3.63) is 69.3 Å². The molecule has 132 valence electrons. The Morgan fingerprint density at radius 2 is 2.04 bits per heavy atom. The van der Waals surface area contributed by atoms with Crippen LogP contribution in [0.25, 0.3) is 0 Å². The van der Waals surface area contributed by atoms with E-state index in [-0.39, 0.29) is 11.7 Å². The van der Waals surface area contributed by atoms with Crippen LogP contribution in [0.15, 0.2) is 45.6 Å². The molecule has 0 aliphatic carbocycles. The van der Waals surface area contributed by atoms with Gasteiger partial charge in [-0.2, -0.15) is 0 Å². The van der Waals surface area contributed by atoms with Gasteiger partial charge in [0.15, 0.2) is 0 Å². The lowest BCUT2D eigenvalue weighted by molar-refractivity contribution is 0.0853. The van der Waals surface area contributed by atoms with Gasteiger partial charge in [-0.3, -0.25) is 4.79 Å². The lowest BCUT2D eigenvalue weighted by Gasteiger charge is -2.11. The van der Waals surface area contributed by atoms with E-state index in [1.165, 1.54) is 5.56 Å². The molecule has 2 heterocycles. The Morgan fingerprint density at radius 1 is 1.24 bits per heavy atom. The minimum absolute atomic E-state index is 0.0430. The van der Waals surface area contributed by atoms with Crippen molar-refractivity contribution in [2.24, 2.45) is 0 Å². The molecule has 5 heteroatoms. The Kier molecular flexibility index (Phi) is 5.66. The van der Waals surface area contributed by atoms with E-state index in [0.29, 0.717) is 24.3 Å². The van der Waals surface area contributed by atoms with Gasteiger partial charge in [0.2, 0.25) is 0 Å². The first-order valence-corrected chi connectivity index (χ1v) is 8.71. The van der Waals surface area contributed by atoms with Crippen LogP contribution in [-0.2, 0) is 17.6 Å². The second-order valence-electron chi connectivity index (χ2n) is 6.39. The highest BCUT2D eigenvalue weighted by Crippen LogP contribution is 2.12. The van der Waals surface area contributed by atoms with E-state index >= 15 is 0 Å². The summed E-state index contributed by atoms with van der Waals surface area (Å²) in [6, 6.07) is 11.8. The normalized spacial score (nSPS) is 16.8. The van der Waals surface area contributed by atoms with Gasteiger partial charge in [0.05, 0.1) is 6.10 Å². The largest absolute Gasteiger partial charge is 0.427 e. The smallest absolute Gasteiger partial charge is 0.349 e. The SMILES string of the molecule is Cc1cc(CCc2ccccc2)oc(=O)c1C(=O)NCC1CCCO1. The number of hydrogen-bond acceptors (Lipinski definition) is 4. The fourth-order valence-corrected chi connectivity index (χ4v) is 3.08. The summed E-state index contributed by atoms with van der Waals surface area (Å²) >= 11 is 0. The highest BCUT2D eigenvalue weighted by Gasteiger charge is 2.20. The molecule has 1 N–H and O–H groups in total. The van der Waals surface area contributed by atoms with Crippen LogP contribution in [-0.4, -0.2) is 25.2 Å². The summed E-state index contributed by atoms with van der Waals surface area (Å²) in [5, 5.41) is 2.78. The van der Waals surface area contributed by atoms with Crippen molar-refractivity contribution in [2.75, 3.05) is 13.2 Å². The Bertz CT molecular complexity index is 776. The molecule has 1 unspecified atom stereocenters. The molecule has 1 saturated heterocycles. The molecule has 1 amide bonds. The lowest BCUT2D eigenvalue weighted by atomic mass is 10.1. The van der Waals surface area contributed by atoms with Crippen LogP contribution in [0.4, 0.5) is 0 Å². The molecule has 3 rings (SSSR count). The van der Waals surface area contributed by atoms with Crippen molar-refractivity contribution in [2.45, 2.75) is 38.7 Å². The van der Waals surface area contributed by atoms with Gasteiger partial charge >= 0.3 is 5.63 Å². The number of aryl methyl sites for hydroxylation is 3. The van der Waals surface area contributed by atoms with E-state index in [4.69, 9.17) is 9.15 Å². The van der Waals surface area contributed by atoms with E-state index in [1.54, 1.807) is 13.0 Å². The van der Waals surface area contributed by atoms with Gasteiger partial charge in [-0.1, -0.05) is 30.3 Å². The lowest BCUT2D eigenvalue weighted by Crippen LogP contribution is -2.35. The minimum atomic E-state index is -0.576. The van der Waals surface area contributed by atoms with Gasteiger partial charge < -0.3 is 14.5 Å². The van der Waals surface area contributed by atoms with Gasteiger partial charge in [-0.25, -0.2) is 4.79 Å². The summed E-state index contributed by atoms with van der Waals surface area (Å²) in [6.07, 6.45) is 3.40. The van der Waals surface area contributed by atoms with Gasteiger partial charge in [0.25, 0.3) is 5.91 Å². The van der Waals surface area contributed by atoms with Crippen molar-refractivity contribution < 1.29 is 13.9 Å². The maximum atomic E-state index is 12.3. The van der Waals surface area contributed by atoms with E-state index in [0.717, 1.165) is 25.9 Å².